The lowest BCUT2D eigenvalue weighted by Crippen LogP contribution is -2.30. The van der Waals surface area contributed by atoms with E-state index in [4.69, 9.17) is 4.74 Å². The first-order valence-corrected chi connectivity index (χ1v) is 10.8. The number of nitrogens with one attached hydrogen (secondary N) is 2. The van der Waals surface area contributed by atoms with E-state index in [1.165, 1.54) is 0 Å². The molecule has 0 atom stereocenters. The smallest absolute Gasteiger partial charge is 0.262 e. The Labute approximate surface area is 184 Å². The van der Waals surface area contributed by atoms with Gasteiger partial charge in [-0.1, -0.05) is 18.2 Å². The van der Waals surface area contributed by atoms with Gasteiger partial charge in [0, 0.05) is 31.0 Å². The summed E-state index contributed by atoms with van der Waals surface area (Å²) in [5, 5.41) is 5.85. The maximum atomic E-state index is 12.9. The lowest BCUT2D eigenvalue weighted by molar-refractivity contribution is -0.118. The van der Waals surface area contributed by atoms with Crippen molar-refractivity contribution in [2.45, 2.75) is 19.3 Å². The van der Waals surface area contributed by atoms with Crippen LogP contribution >= 0.6 is 0 Å². The van der Waals surface area contributed by atoms with E-state index in [1.807, 2.05) is 44.4 Å². The van der Waals surface area contributed by atoms with Gasteiger partial charge >= 0.3 is 0 Å². The molecule has 0 unspecified atom stereocenters. The van der Waals surface area contributed by atoms with E-state index in [0.717, 1.165) is 44.6 Å². The molecule has 1 aliphatic rings. The zero-order chi connectivity index (χ0) is 22.1. The Kier molecular flexibility index (Phi) is 8.29. The van der Waals surface area contributed by atoms with Gasteiger partial charge in [0.15, 0.2) is 6.61 Å². The fraction of sp³-hybridized carbons (Fsp3) is 0.417. The van der Waals surface area contributed by atoms with Crippen LogP contribution in [-0.4, -0.2) is 63.6 Å². The summed E-state index contributed by atoms with van der Waals surface area (Å²) in [6.07, 6.45) is 3.13. The highest BCUT2D eigenvalue weighted by atomic mass is 16.5. The molecule has 2 aromatic carbocycles. The van der Waals surface area contributed by atoms with E-state index in [1.54, 1.807) is 18.2 Å². The van der Waals surface area contributed by atoms with Crippen LogP contribution in [0.25, 0.3) is 0 Å². The molecule has 7 nitrogen and oxygen atoms in total. The minimum absolute atomic E-state index is 0.0933. The molecule has 1 aliphatic heterocycles. The van der Waals surface area contributed by atoms with Gasteiger partial charge < -0.3 is 25.2 Å². The molecule has 0 bridgehead atoms. The summed E-state index contributed by atoms with van der Waals surface area (Å²) in [5.41, 5.74) is 2.10. The largest absolute Gasteiger partial charge is 0.484 e. The first-order chi connectivity index (χ1) is 15.0. The highest BCUT2D eigenvalue weighted by molar-refractivity contribution is 6.02. The Morgan fingerprint density at radius 1 is 1.06 bits per heavy atom. The van der Waals surface area contributed by atoms with E-state index >= 15 is 0 Å². The predicted molar refractivity (Wildman–Crippen MR) is 124 cm³/mol. The van der Waals surface area contributed by atoms with Gasteiger partial charge in [0.2, 0.25) is 0 Å². The number of amides is 2. The van der Waals surface area contributed by atoms with Gasteiger partial charge in [0.25, 0.3) is 11.8 Å². The van der Waals surface area contributed by atoms with Gasteiger partial charge in [0.1, 0.15) is 5.75 Å². The van der Waals surface area contributed by atoms with Crippen LogP contribution in [0.5, 0.6) is 5.75 Å². The summed E-state index contributed by atoms with van der Waals surface area (Å²) in [7, 11) is 4.03. The molecule has 1 heterocycles. The maximum Gasteiger partial charge on any atom is 0.262 e. The van der Waals surface area contributed by atoms with Gasteiger partial charge in [-0.15, -0.1) is 0 Å². The number of nitrogens with zero attached hydrogens (tertiary/aromatic N) is 2. The summed E-state index contributed by atoms with van der Waals surface area (Å²) >= 11 is 0. The molecule has 0 aliphatic carbocycles. The fourth-order valence-electron chi connectivity index (χ4n) is 3.58. The van der Waals surface area contributed by atoms with Crippen molar-refractivity contribution in [3.8, 4) is 5.75 Å². The SMILES string of the molecule is CN(C)CCCNC(=O)c1cc(NC(=O)COc2ccccc2)ccc1N1CCCC1. The Hall–Kier alpha value is -3.06. The third-order valence-electron chi connectivity index (χ3n) is 5.15. The minimum Gasteiger partial charge on any atom is -0.484 e. The second-order valence-corrected chi connectivity index (χ2v) is 7.99. The molecule has 1 fully saturated rings. The van der Waals surface area contributed by atoms with Crippen molar-refractivity contribution in [2.24, 2.45) is 0 Å². The standard InChI is InChI=1S/C24H32N4O3/c1-27(2)14-8-13-25-24(30)21-17-19(11-12-22(21)28-15-6-7-16-28)26-23(29)18-31-20-9-4-3-5-10-20/h3-5,9-12,17H,6-8,13-16,18H2,1-2H3,(H,25,30)(H,26,29). The summed E-state index contributed by atoms with van der Waals surface area (Å²) < 4.78 is 5.50. The van der Waals surface area contributed by atoms with Crippen LogP contribution in [0.2, 0.25) is 0 Å². The minimum atomic E-state index is -0.268. The molecule has 31 heavy (non-hydrogen) atoms. The zero-order valence-electron chi connectivity index (χ0n) is 18.4. The molecular weight excluding hydrogens is 392 g/mol. The molecule has 1 saturated heterocycles. The summed E-state index contributed by atoms with van der Waals surface area (Å²) in [4.78, 5) is 29.6. The van der Waals surface area contributed by atoms with Gasteiger partial charge in [-0.05, 0) is 70.2 Å². The number of ether oxygens (including phenoxy) is 1. The maximum absolute atomic E-state index is 12.9. The number of anilines is 2. The van der Waals surface area contributed by atoms with Crippen LogP contribution in [0.3, 0.4) is 0 Å². The monoisotopic (exact) mass is 424 g/mol. The van der Waals surface area contributed by atoms with Crippen molar-refractivity contribution < 1.29 is 14.3 Å². The number of carbonyl (C=O) groups is 2. The fourth-order valence-corrected chi connectivity index (χ4v) is 3.58. The molecule has 2 N–H and O–H groups in total. The summed E-state index contributed by atoms with van der Waals surface area (Å²) in [5.74, 6) is 0.257. The van der Waals surface area contributed by atoms with Gasteiger partial charge in [-0.2, -0.15) is 0 Å². The highest BCUT2D eigenvalue weighted by Crippen LogP contribution is 2.27. The van der Waals surface area contributed by atoms with Crippen molar-refractivity contribution >= 4 is 23.2 Å². The molecule has 0 aromatic heterocycles. The third kappa shape index (κ3) is 7.00. The highest BCUT2D eigenvalue weighted by Gasteiger charge is 2.20. The van der Waals surface area contributed by atoms with Crippen LogP contribution in [0, 0.1) is 0 Å². The van der Waals surface area contributed by atoms with Gasteiger partial charge in [-0.25, -0.2) is 0 Å². The summed E-state index contributed by atoms with van der Waals surface area (Å²) in [6, 6.07) is 14.7. The molecule has 0 spiro atoms. The Bertz CT molecular complexity index is 864. The van der Waals surface area contributed by atoms with E-state index in [-0.39, 0.29) is 18.4 Å². The first-order valence-electron chi connectivity index (χ1n) is 10.8. The van der Waals surface area contributed by atoms with E-state index in [2.05, 4.69) is 20.4 Å². The average Bonchev–Trinajstić information content (AvgIpc) is 3.30. The zero-order valence-corrected chi connectivity index (χ0v) is 18.4. The number of carbonyl (C=O) groups excluding carboxylic acids is 2. The lowest BCUT2D eigenvalue weighted by atomic mass is 10.1. The van der Waals surface area contributed by atoms with Crippen LogP contribution < -0.4 is 20.3 Å². The number of benzene rings is 2. The summed E-state index contributed by atoms with van der Waals surface area (Å²) in [6.45, 7) is 3.31. The lowest BCUT2D eigenvalue weighted by Gasteiger charge is -2.22. The van der Waals surface area contributed by atoms with Crippen molar-refractivity contribution in [1.82, 2.24) is 10.2 Å². The van der Waals surface area contributed by atoms with E-state index in [9.17, 15) is 9.59 Å². The molecule has 166 valence electrons. The Morgan fingerprint density at radius 3 is 2.52 bits per heavy atom. The molecular formula is C24H32N4O3. The van der Waals surface area contributed by atoms with Crippen molar-refractivity contribution in [3.05, 3.63) is 54.1 Å². The quantitative estimate of drug-likeness (QED) is 0.574. The average molecular weight is 425 g/mol. The van der Waals surface area contributed by atoms with Crippen LogP contribution in [0.15, 0.2) is 48.5 Å². The molecule has 0 radical (unpaired) electrons. The topological polar surface area (TPSA) is 73.9 Å². The third-order valence-corrected chi connectivity index (χ3v) is 5.15. The Morgan fingerprint density at radius 2 is 1.81 bits per heavy atom. The van der Waals surface area contributed by atoms with E-state index < -0.39 is 0 Å². The number of para-hydroxylation sites is 1. The molecule has 2 aromatic rings. The number of hydrogen-bond donors (Lipinski definition) is 2. The predicted octanol–water partition coefficient (Wildman–Crippen LogP) is 2.99. The first kappa shape index (κ1) is 22.6. The molecule has 7 heteroatoms. The van der Waals surface area contributed by atoms with Gasteiger partial charge in [0.05, 0.1) is 5.56 Å². The van der Waals surface area contributed by atoms with Crippen LogP contribution in [0.4, 0.5) is 11.4 Å². The second kappa shape index (κ2) is 11.4. The molecule has 2 amide bonds. The molecule has 0 saturated carbocycles. The van der Waals surface area contributed by atoms with Gasteiger partial charge in [-0.3, -0.25) is 9.59 Å². The normalized spacial score (nSPS) is 13.3. The number of rotatable bonds is 10. The van der Waals surface area contributed by atoms with E-state index in [0.29, 0.717) is 23.5 Å². The van der Waals surface area contributed by atoms with Crippen molar-refractivity contribution in [2.75, 3.05) is 57.1 Å². The Balaban J connectivity index is 1.65. The molecule has 3 rings (SSSR count). The second-order valence-electron chi connectivity index (χ2n) is 7.99. The van der Waals surface area contributed by atoms with Crippen molar-refractivity contribution in [3.63, 3.8) is 0 Å². The van der Waals surface area contributed by atoms with Crippen LogP contribution in [-0.2, 0) is 4.79 Å². The number of hydrogen-bond acceptors (Lipinski definition) is 5. The van der Waals surface area contributed by atoms with Crippen molar-refractivity contribution in [1.29, 1.82) is 0 Å². The van der Waals surface area contributed by atoms with Crippen LogP contribution in [0.1, 0.15) is 29.6 Å².